The van der Waals surface area contributed by atoms with E-state index in [0.29, 0.717) is 29.4 Å². The summed E-state index contributed by atoms with van der Waals surface area (Å²) in [7, 11) is 0. The third-order valence-electron chi connectivity index (χ3n) is 3.64. The van der Waals surface area contributed by atoms with Crippen molar-refractivity contribution in [3.05, 3.63) is 59.7 Å². The third kappa shape index (κ3) is 4.42. The molecule has 0 bridgehead atoms. The number of ketones is 1. The van der Waals surface area contributed by atoms with E-state index < -0.39 is 5.97 Å². The molecule has 0 N–H and O–H groups in total. The van der Waals surface area contributed by atoms with Gasteiger partial charge in [-0.1, -0.05) is 6.07 Å². The average molecular weight is 354 g/mol. The second kappa shape index (κ2) is 8.20. The second-order valence-electron chi connectivity index (χ2n) is 5.43. The van der Waals surface area contributed by atoms with Gasteiger partial charge in [0.1, 0.15) is 5.75 Å². The van der Waals surface area contributed by atoms with Crippen LogP contribution in [0.1, 0.15) is 22.8 Å². The van der Waals surface area contributed by atoms with Crippen molar-refractivity contribution in [3.63, 3.8) is 0 Å². The van der Waals surface area contributed by atoms with Gasteiger partial charge < -0.3 is 18.9 Å². The Morgan fingerprint density at radius 1 is 1.08 bits per heavy atom. The maximum Gasteiger partial charge on any atom is 0.331 e. The molecule has 6 heteroatoms. The summed E-state index contributed by atoms with van der Waals surface area (Å²) in [6, 6.07) is 12.0. The number of benzene rings is 2. The average Bonchev–Trinajstić information content (AvgIpc) is 3.13. The van der Waals surface area contributed by atoms with E-state index in [2.05, 4.69) is 0 Å². The van der Waals surface area contributed by atoms with Crippen LogP contribution in [-0.2, 0) is 9.53 Å². The Balaban J connectivity index is 1.51. The molecule has 6 nitrogen and oxygen atoms in total. The van der Waals surface area contributed by atoms with Crippen molar-refractivity contribution in [1.29, 1.82) is 0 Å². The first-order valence-electron chi connectivity index (χ1n) is 8.16. The molecule has 0 aliphatic carbocycles. The Morgan fingerprint density at radius 3 is 2.62 bits per heavy atom. The van der Waals surface area contributed by atoms with E-state index in [1.165, 1.54) is 6.08 Å². The molecule has 1 aliphatic heterocycles. The summed E-state index contributed by atoms with van der Waals surface area (Å²) in [5.74, 6) is 1.12. The second-order valence-corrected chi connectivity index (χ2v) is 5.43. The maximum atomic E-state index is 12.0. The third-order valence-corrected chi connectivity index (χ3v) is 3.64. The standard InChI is InChI=1S/C20H18O6/c1-2-23-16-7-5-15(6-8-16)17(21)12-24-20(22)10-4-14-3-9-18-19(11-14)26-13-25-18/h3-11H,2,12-13H2,1H3/b10-4+. The molecule has 1 heterocycles. The fourth-order valence-corrected chi connectivity index (χ4v) is 2.35. The van der Waals surface area contributed by atoms with Crippen LogP contribution in [0.25, 0.3) is 6.08 Å². The van der Waals surface area contributed by atoms with Crippen LogP contribution in [-0.4, -0.2) is 31.8 Å². The highest BCUT2D eigenvalue weighted by atomic mass is 16.7. The van der Waals surface area contributed by atoms with Gasteiger partial charge in [0, 0.05) is 11.6 Å². The lowest BCUT2D eigenvalue weighted by Crippen LogP contribution is -2.12. The number of hydrogen-bond acceptors (Lipinski definition) is 6. The van der Waals surface area contributed by atoms with Crippen LogP contribution in [0.2, 0.25) is 0 Å². The number of Topliss-reactive ketones (excluding diaryl/α,β-unsaturated/α-hetero) is 1. The molecule has 0 fully saturated rings. The van der Waals surface area contributed by atoms with Crippen LogP contribution >= 0.6 is 0 Å². The number of ether oxygens (including phenoxy) is 4. The van der Waals surface area contributed by atoms with Crippen molar-refractivity contribution < 1.29 is 28.5 Å². The minimum atomic E-state index is -0.595. The van der Waals surface area contributed by atoms with E-state index in [0.717, 1.165) is 5.56 Å². The van der Waals surface area contributed by atoms with Crippen LogP contribution in [0.5, 0.6) is 17.2 Å². The molecule has 0 saturated carbocycles. The van der Waals surface area contributed by atoms with Gasteiger partial charge in [0.2, 0.25) is 6.79 Å². The number of carbonyl (C=O) groups is 2. The molecule has 0 saturated heterocycles. The minimum absolute atomic E-state index is 0.193. The molecule has 26 heavy (non-hydrogen) atoms. The molecule has 0 spiro atoms. The van der Waals surface area contributed by atoms with Gasteiger partial charge in [-0.3, -0.25) is 4.79 Å². The summed E-state index contributed by atoms with van der Waals surface area (Å²) < 4.78 is 20.8. The van der Waals surface area contributed by atoms with E-state index in [1.807, 2.05) is 6.92 Å². The molecule has 134 valence electrons. The number of esters is 1. The molecule has 0 atom stereocenters. The molecular weight excluding hydrogens is 336 g/mol. The highest BCUT2D eigenvalue weighted by Crippen LogP contribution is 2.32. The van der Waals surface area contributed by atoms with Crippen molar-refractivity contribution >= 4 is 17.8 Å². The van der Waals surface area contributed by atoms with E-state index >= 15 is 0 Å². The molecule has 1 aliphatic rings. The quantitative estimate of drug-likeness (QED) is 0.432. The van der Waals surface area contributed by atoms with Gasteiger partial charge >= 0.3 is 5.97 Å². The zero-order chi connectivity index (χ0) is 18.4. The molecule has 0 amide bonds. The van der Waals surface area contributed by atoms with E-state index in [4.69, 9.17) is 18.9 Å². The Hall–Kier alpha value is -3.28. The summed E-state index contributed by atoms with van der Waals surface area (Å²) in [5, 5.41) is 0. The highest BCUT2D eigenvalue weighted by Gasteiger charge is 2.12. The monoisotopic (exact) mass is 354 g/mol. The molecule has 0 unspecified atom stereocenters. The lowest BCUT2D eigenvalue weighted by atomic mass is 10.1. The van der Waals surface area contributed by atoms with E-state index in [1.54, 1.807) is 48.5 Å². The van der Waals surface area contributed by atoms with Crippen LogP contribution in [0.15, 0.2) is 48.5 Å². The number of fused-ring (bicyclic) bond motifs is 1. The van der Waals surface area contributed by atoms with Crippen molar-refractivity contribution in [2.24, 2.45) is 0 Å². The lowest BCUT2D eigenvalue weighted by molar-refractivity contribution is -0.136. The van der Waals surface area contributed by atoms with Crippen LogP contribution < -0.4 is 14.2 Å². The predicted molar refractivity (Wildman–Crippen MR) is 94.5 cm³/mol. The highest BCUT2D eigenvalue weighted by molar-refractivity contribution is 5.99. The Kier molecular flexibility index (Phi) is 5.53. The smallest absolute Gasteiger partial charge is 0.331 e. The van der Waals surface area contributed by atoms with Crippen LogP contribution in [0.4, 0.5) is 0 Å². The van der Waals surface area contributed by atoms with E-state index in [-0.39, 0.29) is 19.2 Å². The summed E-state index contributed by atoms with van der Waals surface area (Å²) in [4.78, 5) is 23.8. The Bertz CT molecular complexity index is 823. The van der Waals surface area contributed by atoms with Crippen molar-refractivity contribution in [3.8, 4) is 17.2 Å². The molecular formula is C20H18O6. The first-order chi connectivity index (χ1) is 12.7. The zero-order valence-corrected chi connectivity index (χ0v) is 14.3. The number of carbonyl (C=O) groups excluding carboxylic acids is 2. The Morgan fingerprint density at radius 2 is 1.85 bits per heavy atom. The van der Waals surface area contributed by atoms with Gasteiger partial charge in [0.05, 0.1) is 6.61 Å². The van der Waals surface area contributed by atoms with Crippen molar-refractivity contribution in [2.75, 3.05) is 20.0 Å². The fraction of sp³-hybridized carbons (Fsp3) is 0.200. The zero-order valence-electron chi connectivity index (χ0n) is 14.3. The van der Waals surface area contributed by atoms with Gasteiger partial charge in [0.25, 0.3) is 0 Å². The van der Waals surface area contributed by atoms with Gasteiger partial charge in [-0.05, 0) is 55.0 Å². The fourth-order valence-electron chi connectivity index (χ4n) is 2.35. The summed E-state index contributed by atoms with van der Waals surface area (Å²) in [6.07, 6.45) is 2.86. The normalized spacial score (nSPS) is 12.2. The summed E-state index contributed by atoms with van der Waals surface area (Å²) in [6.45, 7) is 2.31. The van der Waals surface area contributed by atoms with Crippen molar-refractivity contribution in [1.82, 2.24) is 0 Å². The SMILES string of the molecule is CCOc1ccc(C(=O)COC(=O)/C=C/c2ccc3c(c2)OCO3)cc1. The topological polar surface area (TPSA) is 71.1 Å². The van der Waals surface area contributed by atoms with Crippen LogP contribution in [0.3, 0.4) is 0 Å². The van der Waals surface area contributed by atoms with E-state index in [9.17, 15) is 9.59 Å². The largest absolute Gasteiger partial charge is 0.494 e. The minimum Gasteiger partial charge on any atom is -0.494 e. The molecule has 2 aromatic rings. The molecule has 3 rings (SSSR count). The molecule has 0 aromatic heterocycles. The van der Waals surface area contributed by atoms with Gasteiger partial charge in [0.15, 0.2) is 23.9 Å². The lowest BCUT2D eigenvalue weighted by Gasteiger charge is -2.05. The first-order valence-corrected chi connectivity index (χ1v) is 8.16. The van der Waals surface area contributed by atoms with Crippen molar-refractivity contribution in [2.45, 2.75) is 6.92 Å². The van der Waals surface area contributed by atoms with Gasteiger partial charge in [-0.25, -0.2) is 4.79 Å². The van der Waals surface area contributed by atoms with Crippen LogP contribution in [0, 0.1) is 0 Å². The first kappa shape index (κ1) is 17.5. The number of hydrogen-bond donors (Lipinski definition) is 0. The van der Waals surface area contributed by atoms with Gasteiger partial charge in [-0.15, -0.1) is 0 Å². The number of rotatable bonds is 7. The summed E-state index contributed by atoms with van der Waals surface area (Å²) in [5.41, 5.74) is 1.23. The molecule has 0 radical (unpaired) electrons. The maximum absolute atomic E-state index is 12.0. The summed E-state index contributed by atoms with van der Waals surface area (Å²) >= 11 is 0. The Labute approximate surface area is 150 Å². The molecule has 2 aromatic carbocycles. The van der Waals surface area contributed by atoms with Gasteiger partial charge in [-0.2, -0.15) is 0 Å². The predicted octanol–water partition coefficient (Wildman–Crippen LogP) is 3.25.